The third kappa shape index (κ3) is 6.92. The number of quaternary nitrogens is 1. The van der Waals surface area contributed by atoms with Crippen LogP contribution in [0.25, 0.3) is 0 Å². The lowest BCUT2D eigenvalue weighted by atomic mass is 10.1. The number of benzene rings is 1. The minimum absolute atomic E-state index is 0.122. The first-order chi connectivity index (χ1) is 12.1. The topological polar surface area (TPSA) is 48.8 Å². The first-order valence-electron chi connectivity index (χ1n) is 9.41. The van der Waals surface area contributed by atoms with Crippen LogP contribution in [0.1, 0.15) is 38.3 Å². The van der Waals surface area contributed by atoms with Crippen LogP contribution in [0.5, 0.6) is 0 Å². The van der Waals surface area contributed by atoms with Gasteiger partial charge in [-0.1, -0.05) is 6.07 Å². The highest BCUT2D eigenvalue weighted by Gasteiger charge is 2.23. The Kier molecular flexibility index (Phi) is 7.01. The van der Waals surface area contributed by atoms with E-state index >= 15 is 0 Å². The number of carbonyl (C=O) groups is 1. The molecule has 6 heteroatoms. The van der Waals surface area contributed by atoms with Gasteiger partial charge in [0.2, 0.25) is 0 Å². The predicted molar refractivity (Wildman–Crippen MR) is 112 cm³/mol. The molecule has 2 rings (SSSR count). The number of aryl methyl sites for hydroxylation is 2. The van der Waals surface area contributed by atoms with Gasteiger partial charge < -0.3 is 20.4 Å². The molecule has 0 bridgehead atoms. The highest BCUT2D eigenvalue weighted by atomic mass is 32.1. The van der Waals surface area contributed by atoms with Crippen molar-refractivity contribution < 1.29 is 9.69 Å². The number of hydrogen-bond donors (Lipinski definition) is 3. The molecule has 1 aromatic carbocycles. The zero-order chi connectivity index (χ0) is 19.3. The Morgan fingerprint density at radius 1 is 1.15 bits per heavy atom. The van der Waals surface area contributed by atoms with Gasteiger partial charge >= 0.3 is 0 Å². The van der Waals surface area contributed by atoms with Crippen LogP contribution in [-0.2, 0) is 4.79 Å². The molecule has 0 aliphatic carbocycles. The van der Waals surface area contributed by atoms with Gasteiger partial charge in [-0.25, -0.2) is 0 Å². The van der Waals surface area contributed by atoms with E-state index in [1.54, 1.807) is 0 Å². The van der Waals surface area contributed by atoms with E-state index in [4.69, 9.17) is 12.2 Å². The van der Waals surface area contributed by atoms with Crippen molar-refractivity contribution in [2.24, 2.45) is 0 Å². The van der Waals surface area contributed by atoms with E-state index in [1.165, 1.54) is 16.0 Å². The van der Waals surface area contributed by atoms with E-state index in [1.807, 2.05) is 20.8 Å². The van der Waals surface area contributed by atoms with Gasteiger partial charge in [0.05, 0.1) is 19.6 Å². The van der Waals surface area contributed by atoms with Gasteiger partial charge in [-0.05, 0) is 70.1 Å². The second-order valence-electron chi connectivity index (χ2n) is 8.37. The van der Waals surface area contributed by atoms with E-state index in [-0.39, 0.29) is 11.4 Å². The Bertz CT molecular complexity index is 633. The standard InChI is InChI=1S/C20H32N4OS/c1-15-11-16(2)13-17(12-15)21-19(26)24-8-6-7-23(9-10-24)14-18(25)22-20(3,4)5/h11-13H,6-10,14H2,1-5H3,(H,21,26)(H,22,25)/p+1. The van der Waals surface area contributed by atoms with Crippen molar-refractivity contribution in [1.82, 2.24) is 10.2 Å². The molecule has 1 heterocycles. The lowest BCUT2D eigenvalue weighted by molar-refractivity contribution is -0.889. The molecular formula is C20H33N4OS+. The molecule has 1 amide bonds. The number of nitrogens with one attached hydrogen (secondary N) is 3. The van der Waals surface area contributed by atoms with Crippen LogP contribution in [0, 0.1) is 13.8 Å². The largest absolute Gasteiger partial charge is 0.347 e. The molecule has 1 atom stereocenters. The molecule has 1 saturated heterocycles. The zero-order valence-corrected chi connectivity index (χ0v) is 17.6. The molecule has 0 saturated carbocycles. The second kappa shape index (κ2) is 8.82. The molecule has 0 radical (unpaired) electrons. The fourth-order valence-corrected chi connectivity index (χ4v) is 3.67. The number of amides is 1. The molecule has 1 aromatic rings. The minimum Gasteiger partial charge on any atom is -0.347 e. The molecular weight excluding hydrogens is 344 g/mol. The summed E-state index contributed by atoms with van der Waals surface area (Å²) < 4.78 is 0. The van der Waals surface area contributed by atoms with Gasteiger partial charge in [-0.15, -0.1) is 0 Å². The Morgan fingerprint density at radius 3 is 2.42 bits per heavy atom. The quantitative estimate of drug-likeness (QED) is 0.699. The van der Waals surface area contributed by atoms with Crippen LogP contribution in [-0.4, -0.2) is 54.2 Å². The third-order valence-corrected chi connectivity index (χ3v) is 4.74. The van der Waals surface area contributed by atoms with Crippen LogP contribution >= 0.6 is 12.2 Å². The maximum Gasteiger partial charge on any atom is 0.275 e. The summed E-state index contributed by atoms with van der Waals surface area (Å²) in [5, 5.41) is 7.20. The highest BCUT2D eigenvalue weighted by Crippen LogP contribution is 2.14. The normalized spacial score (nSPS) is 18.2. The fourth-order valence-electron chi connectivity index (χ4n) is 3.37. The van der Waals surface area contributed by atoms with Crippen LogP contribution in [0.2, 0.25) is 0 Å². The van der Waals surface area contributed by atoms with Gasteiger partial charge in [-0.3, -0.25) is 4.79 Å². The lowest BCUT2D eigenvalue weighted by Gasteiger charge is -2.24. The van der Waals surface area contributed by atoms with Crippen LogP contribution < -0.4 is 15.5 Å². The van der Waals surface area contributed by atoms with Crippen LogP contribution in [0.3, 0.4) is 0 Å². The van der Waals surface area contributed by atoms with Crippen molar-refractivity contribution in [2.45, 2.75) is 46.6 Å². The van der Waals surface area contributed by atoms with Crippen molar-refractivity contribution >= 4 is 28.9 Å². The van der Waals surface area contributed by atoms with Gasteiger partial charge in [-0.2, -0.15) is 0 Å². The van der Waals surface area contributed by atoms with Crippen molar-refractivity contribution in [3.8, 4) is 0 Å². The summed E-state index contributed by atoms with van der Waals surface area (Å²) >= 11 is 5.63. The Balaban J connectivity index is 1.87. The molecule has 1 aliphatic rings. The average Bonchev–Trinajstić information content (AvgIpc) is 2.69. The first kappa shape index (κ1) is 20.6. The molecule has 0 aromatic heterocycles. The van der Waals surface area contributed by atoms with Crippen LogP contribution in [0.4, 0.5) is 5.69 Å². The number of nitrogens with zero attached hydrogens (tertiary/aromatic N) is 1. The van der Waals surface area contributed by atoms with Crippen molar-refractivity contribution in [3.63, 3.8) is 0 Å². The monoisotopic (exact) mass is 377 g/mol. The van der Waals surface area contributed by atoms with Crippen molar-refractivity contribution in [2.75, 3.05) is 38.0 Å². The molecule has 26 heavy (non-hydrogen) atoms. The minimum atomic E-state index is -0.175. The fraction of sp³-hybridized carbons (Fsp3) is 0.600. The number of hydrogen-bond acceptors (Lipinski definition) is 2. The van der Waals surface area contributed by atoms with Crippen molar-refractivity contribution in [1.29, 1.82) is 0 Å². The molecule has 144 valence electrons. The van der Waals surface area contributed by atoms with E-state index in [0.717, 1.165) is 43.4 Å². The summed E-state index contributed by atoms with van der Waals surface area (Å²) in [5.41, 5.74) is 3.33. The average molecular weight is 378 g/mol. The SMILES string of the molecule is Cc1cc(C)cc(NC(=S)N2CCC[NH+](CC(=O)NC(C)(C)C)CC2)c1. The summed E-state index contributed by atoms with van der Waals surface area (Å²) in [5.74, 6) is 0.122. The Hall–Kier alpha value is -1.66. The van der Waals surface area contributed by atoms with E-state index in [9.17, 15) is 4.79 Å². The lowest BCUT2D eigenvalue weighted by Crippen LogP contribution is -3.13. The highest BCUT2D eigenvalue weighted by molar-refractivity contribution is 7.80. The van der Waals surface area contributed by atoms with Gasteiger partial charge in [0, 0.05) is 24.2 Å². The Morgan fingerprint density at radius 2 is 1.81 bits per heavy atom. The maximum atomic E-state index is 12.2. The van der Waals surface area contributed by atoms with E-state index in [0.29, 0.717) is 6.54 Å². The summed E-state index contributed by atoms with van der Waals surface area (Å²) in [6.45, 7) is 14.5. The second-order valence-corrected chi connectivity index (χ2v) is 8.76. The first-order valence-corrected chi connectivity index (χ1v) is 9.82. The molecule has 3 N–H and O–H groups in total. The molecule has 5 nitrogen and oxygen atoms in total. The zero-order valence-electron chi connectivity index (χ0n) is 16.7. The molecule has 1 aliphatic heterocycles. The molecule has 1 fully saturated rings. The van der Waals surface area contributed by atoms with Gasteiger partial charge in [0.15, 0.2) is 11.7 Å². The summed E-state index contributed by atoms with van der Waals surface area (Å²) in [4.78, 5) is 15.7. The smallest absolute Gasteiger partial charge is 0.275 e. The molecule has 0 spiro atoms. The molecule has 1 unspecified atom stereocenters. The maximum absolute atomic E-state index is 12.2. The number of carbonyl (C=O) groups excluding carboxylic acids is 1. The third-order valence-electron chi connectivity index (χ3n) is 4.38. The number of rotatable bonds is 3. The van der Waals surface area contributed by atoms with Crippen LogP contribution in [0.15, 0.2) is 18.2 Å². The Labute approximate surface area is 163 Å². The van der Waals surface area contributed by atoms with Gasteiger partial charge in [0.1, 0.15) is 0 Å². The van der Waals surface area contributed by atoms with Crippen molar-refractivity contribution in [3.05, 3.63) is 29.3 Å². The van der Waals surface area contributed by atoms with Gasteiger partial charge in [0.25, 0.3) is 5.91 Å². The summed E-state index contributed by atoms with van der Waals surface area (Å²) in [6.07, 6.45) is 1.03. The summed E-state index contributed by atoms with van der Waals surface area (Å²) in [7, 11) is 0. The number of thiocarbonyl (C=S) groups is 1. The summed E-state index contributed by atoms with van der Waals surface area (Å²) in [6, 6.07) is 6.39. The predicted octanol–water partition coefficient (Wildman–Crippen LogP) is 1.51. The van der Waals surface area contributed by atoms with E-state index < -0.39 is 0 Å². The number of anilines is 1. The van der Waals surface area contributed by atoms with E-state index in [2.05, 4.69) is 47.6 Å².